The van der Waals surface area contributed by atoms with Crippen LogP contribution in [0, 0.1) is 12.8 Å². The van der Waals surface area contributed by atoms with Crippen molar-refractivity contribution < 1.29 is 14.0 Å². The predicted octanol–water partition coefficient (Wildman–Crippen LogP) is 2.00. The monoisotopic (exact) mass is 280 g/mol. The molecule has 0 N–H and O–H groups in total. The topological polar surface area (TPSA) is 47.7 Å². The summed E-state index contributed by atoms with van der Waals surface area (Å²) in [5, 5.41) is 3.88. The lowest BCUT2D eigenvalue weighted by molar-refractivity contribution is -0.0609. The van der Waals surface area contributed by atoms with Crippen molar-refractivity contribution in [3.05, 3.63) is 17.5 Å². The van der Waals surface area contributed by atoms with Crippen LogP contribution in [-0.2, 0) is 16.0 Å². The molecule has 0 radical (unpaired) electrons. The van der Waals surface area contributed by atoms with Crippen LogP contribution in [0.25, 0.3) is 0 Å². The highest BCUT2D eigenvalue weighted by atomic mass is 16.5. The maximum absolute atomic E-state index is 5.73. The van der Waals surface area contributed by atoms with Crippen LogP contribution in [0.2, 0.25) is 0 Å². The number of morpholine rings is 1. The third-order valence-corrected chi connectivity index (χ3v) is 4.80. The molecule has 1 saturated carbocycles. The summed E-state index contributed by atoms with van der Waals surface area (Å²) in [7, 11) is 1.83. The zero-order valence-corrected chi connectivity index (χ0v) is 12.4. The Kier molecular flexibility index (Phi) is 4.38. The van der Waals surface area contributed by atoms with Crippen molar-refractivity contribution >= 4 is 0 Å². The van der Waals surface area contributed by atoms with Crippen LogP contribution in [-0.4, -0.2) is 49.1 Å². The number of nitrogens with zero attached hydrogens (tertiary/aromatic N) is 2. The van der Waals surface area contributed by atoms with Crippen LogP contribution < -0.4 is 0 Å². The summed E-state index contributed by atoms with van der Waals surface area (Å²) in [5.41, 5.74) is 1.18. The van der Waals surface area contributed by atoms with Gasteiger partial charge in [0.25, 0.3) is 0 Å². The predicted molar refractivity (Wildman–Crippen MR) is 74.4 cm³/mol. The fourth-order valence-electron chi connectivity index (χ4n) is 3.62. The van der Waals surface area contributed by atoms with Crippen LogP contribution >= 0.6 is 0 Å². The van der Waals surface area contributed by atoms with Gasteiger partial charge in [-0.2, -0.15) is 0 Å². The SMILES string of the molecule is COC1CCCC1C1COCCN1Cc1cnoc1C. The van der Waals surface area contributed by atoms with Gasteiger partial charge in [-0.05, 0) is 19.8 Å². The molecule has 0 spiro atoms. The van der Waals surface area contributed by atoms with Gasteiger partial charge in [-0.15, -0.1) is 0 Å². The second-order valence-electron chi connectivity index (χ2n) is 5.89. The number of aromatic nitrogens is 1. The van der Waals surface area contributed by atoms with Crippen LogP contribution in [0.4, 0.5) is 0 Å². The summed E-state index contributed by atoms with van der Waals surface area (Å²) in [6, 6.07) is 0.450. The minimum Gasteiger partial charge on any atom is -0.381 e. The minimum atomic E-state index is 0.382. The highest BCUT2D eigenvalue weighted by molar-refractivity contribution is 5.12. The van der Waals surface area contributed by atoms with Gasteiger partial charge in [0.05, 0.1) is 25.5 Å². The number of hydrogen-bond acceptors (Lipinski definition) is 5. The molecule has 112 valence electrons. The average molecular weight is 280 g/mol. The van der Waals surface area contributed by atoms with Crippen molar-refractivity contribution in [2.75, 3.05) is 26.9 Å². The maximum atomic E-state index is 5.73. The van der Waals surface area contributed by atoms with Crippen molar-refractivity contribution in [2.45, 2.75) is 44.9 Å². The molecule has 5 nitrogen and oxygen atoms in total. The molecule has 3 unspecified atom stereocenters. The third-order valence-electron chi connectivity index (χ3n) is 4.80. The summed E-state index contributed by atoms with van der Waals surface area (Å²) in [6.07, 6.45) is 5.90. The Labute approximate surface area is 120 Å². The Morgan fingerprint density at radius 2 is 2.35 bits per heavy atom. The molecule has 5 heteroatoms. The molecule has 3 rings (SSSR count). The Bertz CT molecular complexity index is 435. The zero-order valence-electron chi connectivity index (χ0n) is 12.4. The van der Waals surface area contributed by atoms with E-state index in [1.807, 2.05) is 20.2 Å². The first-order valence-corrected chi connectivity index (χ1v) is 7.54. The Hall–Kier alpha value is -0.910. The van der Waals surface area contributed by atoms with Gasteiger partial charge >= 0.3 is 0 Å². The highest BCUT2D eigenvalue weighted by Crippen LogP contribution is 2.34. The lowest BCUT2D eigenvalue weighted by atomic mass is 9.93. The summed E-state index contributed by atoms with van der Waals surface area (Å²) in [4.78, 5) is 2.52. The van der Waals surface area contributed by atoms with Crippen molar-refractivity contribution in [2.24, 2.45) is 5.92 Å². The average Bonchev–Trinajstić information content (AvgIpc) is 3.09. The number of ether oxygens (including phenoxy) is 2. The number of aryl methyl sites for hydroxylation is 1. The molecule has 1 aromatic rings. The summed E-state index contributed by atoms with van der Waals surface area (Å²) >= 11 is 0. The first-order chi connectivity index (χ1) is 9.79. The van der Waals surface area contributed by atoms with E-state index in [-0.39, 0.29) is 0 Å². The fraction of sp³-hybridized carbons (Fsp3) is 0.800. The Balaban J connectivity index is 1.72. The van der Waals surface area contributed by atoms with Gasteiger partial charge in [0.15, 0.2) is 0 Å². The van der Waals surface area contributed by atoms with Crippen molar-refractivity contribution in [1.82, 2.24) is 10.1 Å². The van der Waals surface area contributed by atoms with Gasteiger partial charge in [-0.25, -0.2) is 0 Å². The first kappa shape index (κ1) is 14.0. The number of methoxy groups -OCH3 is 1. The largest absolute Gasteiger partial charge is 0.381 e. The molecule has 1 aliphatic heterocycles. The molecule has 3 atom stereocenters. The highest BCUT2D eigenvalue weighted by Gasteiger charge is 2.38. The molecule has 1 aromatic heterocycles. The second-order valence-corrected chi connectivity index (χ2v) is 5.89. The van der Waals surface area contributed by atoms with Crippen molar-refractivity contribution in [3.63, 3.8) is 0 Å². The molecule has 0 bridgehead atoms. The van der Waals surface area contributed by atoms with E-state index in [1.165, 1.54) is 24.8 Å². The van der Waals surface area contributed by atoms with E-state index in [9.17, 15) is 0 Å². The summed E-state index contributed by atoms with van der Waals surface area (Å²) < 4.78 is 16.6. The van der Waals surface area contributed by atoms with Crippen LogP contribution in [0.3, 0.4) is 0 Å². The lowest BCUT2D eigenvalue weighted by Gasteiger charge is -2.40. The molecule has 0 aromatic carbocycles. The molecule has 2 aliphatic rings. The fourth-order valence-corrected chi connectivity index (χ4v) is 3.62. The molecule has 2 fully saturated rings. The molecule has 1 saturated heterocycles. The van der Waals surface area contributed by atoms with E-state index < -0.39 is 0 Å². The van der Waals surface area contributed by atoms with Gasteiger partial charge < -0.3 is 14.0 Å². The third kappa shape index (κ3) is 2.75. The number of hydrogen-bond donors (Lipinski definition) is 0. The minimum absolute atomic E-state index is 0.382. The van der Waals surface area contributed by atoms with E-state index >= 15 is 0 Å². The number of rotatable bonds is 4. The second kappa shape index (κ2) is 6.24. The summed E-state index contributed by atoms with van der Waals surface area (Å²) in [5.74, 6) is 1.51. The molecule has 0 amide bonds. The van der Waals surface area contributed by atoms with Crippen molar-refractivity contribution in [1.29, 1.82) is 0 Å². The molecule has 20 heavy (non-hydrogen) atoms. The quantitative estimate of drug-likeness (QED) is 0.844. The lowest BCUT2D eigenvalue weighted by Crippen LogP contribution is -2.50. The van der Waals surface area contributed by atoms with Gasteiger partial charge in [-0.1, -0.05) is 11.6 Å². The maximum Gasteiger partial charge on any atom is 0.138 e. The molecule has 1 aliphatic carbocycles. The van der Waals surface area contributed by atoms with Crippen molar-refractivity contribution in [3.8, 4) is 0 Å². The molecular weight excluding hydrogens is 256 g/mol. The van der Waals surface area contributed by atoms with Crippen LogP contribution in [0.1, 0.15) is 30.6 Å². The first-order valence-electron chi connectivity index (χ1n) is 7.54. The van der Waals surface area contributed by atoms with E-state index in [0.29, 0.717) is 18.1 Å². The van der Waals surface area contributed by atoms with Gasteiger partial charge in [-0.3, -0.25) is 4.90 Å². The van der Waals surface area contributed by atoms with E-state index in [1.54, 1.807) is 0 Å². The molecular formula is C15H24N2O3. The smallest absolute Gasteiger partial charge is 0.138 e. The van der Waals surface area contributed by atoms with Gasteiger partial charge in [0, 0.05) is 37.7 Å². The Morgan fingerprint density at radius 1 is 1.45 bits per heavy atom. The molecule has 2 heterocycles. The van der Waals surface area contributed by atoms with Gasteiger partial charge in [0.1, 0.15) is 5.76 Å². The van der Waals surface area contributed by atoms with E-state index in [0.717, 1.165) is 32.1 Å². The summed E-state index contributed by atoms with van der Waals surface area (Å²) in [6.45, 7) is 5.48. The van der Waals surface area contributed by atoms with E-state index in [4.69, 9.17) is 14.0 Å². The zero-order chi connectivity index (χ0) is 13.9. The Morgan fingerprint density at radius 3 is 3.10 bits per heavy atom. The van der Waals surface area contributed by atoms with Crippen LogP contribution in [0.15, 0.2) is 10.7 Å². The van der Waals surface area contributed by atoms with Crippen LogP contribution in [0.5, 0.6) is 0 Å². The van der Waals surface area contributed by atoms with E-state index in [2.05, 4.69) is 10.1 Å². The standard InChI is InChI=1S/C15H24N2O3/c1-11-12(8-16-20-11)9-17-6-7-19-10-14(17)13-4-3-5-15(13)18-2/h8,13-15H,3-7,9-10H2,1-2H3. The normalized spacial score (nSPS) is 31.8. The van der Waals surface area contributed by atoms with Gasteiger partial charge in [0.2, 0.25) is 0 Å².